The van der Waals surface area contributed by atoms with Gasteiger partial charge in [0.05, 0.1) is 5.71 Å². The molecule has 0 radical (unpaired) electrons. The molecule has 16 heavy (non-hydrogen) atoms. The van der Waals surface area contributed by atoms with E-state index in [2.05, 4.69) is 54.4 Å². The van der Waals surface area contributed by atoms with E-state index in [4.69, 9.17) is 0 Å². The van der Waals surface area contributed by atoms with Gasteiger partial charge in [-0.3, -0.25) is 4.99 Å². The Hall–Kier alpha value is -1.63. The van der Waals surface area contributed by atoms with Crippen LogP contribution in [-0.2, 0) is 0 Å². The highest BCUT2D eigenvalue weighted by molar-refractivity contribution is 6.15. The Morgan fingerprint density at radius 1 is 1.19 bits per heavy atom. The molecule has 0 unspecified atom stereocenters. The van der Waals surface area contributed by atoms with Crippen LogP contribution in [0.3, 0.4) is 0 Å². The van der Waals surface area contributed by atoms with Crippen LogP contribution >= 0.6 is 0 Å². The highest BCUT2D eigenvalue weighted by Gasteiger charge is 2.10. The van der Waals surface area contributed by atoms with Gasteiger partial charge in [0.2, 0.25) is 0 Å². The van der Waals surface area contributed by atoms with Crippen molar-refractivity contribution in [3.8, 4) is 0 Å². The minimum Gasteiger partial charge on any atom is -0.287 e. The minimum absolute atomic E-state index is 1.11. The van der Waals surface area contributed by atoms with Crippen molar-refractivity contribution in [2.24, 2.45) is 4.99 Å². The Labute approximate surface area is 97.2 Å². The molecule has 2 rings (SSSR count). The minimum atomic E-state index is 1.11. The molecule has 1 aromatic rings. The third-order valence-corrected chi connectivity index (χ3v) is 2.89. The van der Waals surface area contributed by atoms with E-state index < -0.39 is 0 Å². The van der Waals surface area contributed by atoms with E-state index in [1.54, 1.807) is 0 Å². The fraction of sp³-hybridized carbons (Fsp3) is 0.267. The second-order valence-electron chi connectivity index (χ2n) is 4.03. The zero-order valence-corrected chi connectivity index (χ0v) is 9.90. The number of aliphatic imine (C=N–C) groups is 1. The van der Waals surface area contributed by atoms with Crippen LogP contribution in [0.15, 0.2) is 53.1 Å². The largest absolute Gasteiger partial charge is 0.287 e. The molecule has 1 aliphatic rings. The highest BCUT2D eigenvalue weighted by atomic mass is 14.7. The topological polar surface area (TPSA) is 12.4 Å². The fourth-order valence-corrected chi connectivity index (χ4v) is 2.03. The molecule has 1 aliphatic carbocycles. The van der Waals surface area contributed by atoms with Gasteiger partial charge in [-0.05, 0) is 30.9 Å². The number of rotatable bonds is 2. The van der Waals surface area contributed by atoms with Crippen LogP contribution < -0.4 is 0 Å². The first-order chi connectivity index (χ1) is 7.83. The monoisotopic (exact) mass is 211 g/mol. The number of allylic oxidation sites excluding steroid dienone is 4. The van der Waals surface area contributed by atoms with E-state index in [0.29, 0.717) is 0 Å². The van der Waals surface area contributed by atoms with Gasteiger partial charge in [-0.25, -0.2) is 0 Å². The number of benzene rings is 1. The van der Waals surface area contributed by atoms with Crippen LogP contribution in [0.2, 0.25) is 0 Å². The first-order valence-electron chi connectivity index (χ1n) is 5.73. The van der Waals surface area contributed by atoms with Crippen molar-refractivity contribution >= 4 is 5.71 Å². The Morgan fingerprint density at radius 3 is 2.62 bits per heavy atom. The first kappa shape index (κ1) is 10.9. The molecule has 0 saturated heterocycles. The van der Waals surface area contributed by atoms with E-state index >= 15 is 0 Å². The predicted octanol–water partition coefficient (Wildman–Crippen LogP) is 3.69. The fourth-order valence-electron chi connectivity index (χ4n) is 2.03. The zero-order chi connectivity index (χ0) is 11.4. The lowest BCUT2D eigenvalue weighted by Gasteiger charge is -2.12. The zero-order valence-electron chi connectivity index (χ0n) is 9.90. The van der Waals surface area contributed by atoms with Crippen LogP contribution in [-0.4, -0.2) is 12.8 Å². The van der Waals surface area contributed by atoms with E-state index in [0.717, 1.165) is 18.6 Å². The molecule has 1 aromatic carbocycles. The molecular weight excluding hydrogens is 194 g/mol. The van der Waals surface area contributed by atoms with Crippen molar-refractivity contribution in [1.29, 1.82) is 0 Å². The van der Waals surface area contributed by atoms with Crippen LogP contribution in [0.4, 0.5) is 0 Å². The summed E-state index contributed by atoms with van der Waals surface area (Å²) in [5.74, 6) is 0. The van der Waals surface area contributed by atoms with Gasteiger partial charge in [-0.1, -0.05) is 42.5 Å². The average molecular weight is 211 g/mol. The standard InChI is InChI=1S/C15H17N/c1-12-8-6-7-11-14(12)15(16-2)13-9-4-3-5-10-13/h4,6-11H,3,5H2,1-2H3. The summed E-state index contributed by atoms with van der Waals surface area (Å²) in [6.45, 7) is 2.13. The highest BCUT2D eigenvalue weighted by Crippen LogP contribution is 2.18. The third kappa shape index (κ3) is 2.13. The molecule has 0 N–H and O–H groups in total. The molecule has 0 aromatic heterocycles. The Morgan fingerprint density at radius 2 is 2.00 bits per heavy atom. The Balaban J connectivity index is 2.42. The van der Waals surface area contributed by atoms with Gasteiger partial charge in [-0.15, -0.1) is 0 Å². The number of aryl methyl sites for hydroxylation is 1. The normalized spacial score (nSPS) is 16.1. The van der Waals surface area contributed by atoms with Crippen LogP contribution in [0.5, 0.6) is 0 Å². The molecule has 1 heteroatoms. The molecule has 0 heterocycles. The van der Waals surface area contributed by atoms with E-state index in [1.807, 2.05) is 7.05 Å². The lowest BCUT2D eigenvalue weighted by molar-refractivity contribution is 1.03. The van der Waals surface area contributed by atoms with E-state index in [9.17, 15) is 0 Å². The van der Waals surface area contributed by atoms with Crippen molar-refractivity contribution in [3.63, 3.8) is 0 Å². The number of hydrogen-bond acceptors (Lipinski definition) is 1. The second kappa shape index (κ2) is 4.93. The van der Waals surface area contributed by atoms with Gasteiger partial charge in [0.1, 0.15) is 0 Å². The van der Waals surface area contributed by atoms with Gasteiger partial charge >= 0.3 is 0 Å². The van der Waals surface area contributed by atoms with Gasteiger partial charge in [0.15, 0.2) is 0 Å². The molecule has 0 fully saturated rings. The summed E-state index contributed by atoms with van der Waals surface area (Å²) in [6.07, 6.45) is 8.94. The summed E-state index contributed by atoms with van der Waals surface area (Å²) in [4.78, 5) is 4.44. The smallest absolute Gasteiger partial charge is 0.0714 e. The van der Waals surface area contributed by atoms with Gasteiger partial charge in [0, 0.05) is 12.6 Å². The average Bonchev–Trinajstić information content (AvgIpc) is 2.34. The van der Waals surface area contributed by atoms with Crippen molar-refractivity contribution in [2.75, 3.05) is 7.05 Å². The lowest BCUT2D eigenvalue weighted by atomic mass is 9.95. The molecule has 0 atom stereocenters. The summed E-state index contributed by atoms with van der Waals surface area (Å²) >= 11 is 0. The van der Waals surface area contributed by atoms with Crippen molar-refractivity contribution in [3.05, 3.63) is 59.2 Å². The lowest BCUT2D eigenvalue weighted by Crippen LogP contribution is -2.07. The van der Waals surface area contributed by atoms with E-state index in [1.165, 1.54) is 16.7 Å². The maximum atomic E-state index is 4.44. The molecule has 0 saturated carbocycles. The predicted molar refractivity (Wildman–Crippen MR) is 70.1 cm³/mol. The second-order valence-corrected chi connectivity index (χ2v) is 4.03. The molecule has 0 amide bonds. The summed E-state index contributed by atoms with van der Waals surface area (Å²) in [5.41, 5.74) is 4.88. The Kier molecular flexibility index (Phi) is 3.35. The van der Waals surface area contributed by atoms with Crippen molar-refractivity contribution in [1.82, 2.24) is 0 Å². The van der Waals surface area contributed by atoms with Crippen LogP contribution in [0.1, 0.15) is 24.0 Å². The first-order valence-corrected chi connectivity index (χ1v) is 5.73. The molecule has 1 nitrogen and oxygen atoms in total. The number of nitrogens with zero attached hydrogens (tertiary/aromatic N) is 1. The summed E-state index contributed by atoms with van der Waals surface area (Å²) in [7, 11) is 1.87. The number of hydrogen-bond donors (Lipinski definition) is 0. The molecular formula is C15H17N. The molecule has 0 spiro atoms. The molecule has 0 bridgehead atoms. The van der Waals surface area contributed by atoms with Gasteiger partial charge < -0.3 is 0 Å². The maximum Gasteiger partial charge on any atom is 0.0714 e. The summed E-state index contributed by atoms with van der Waals surface area (Å²) in [6, 6.07) is 8.41. The van der Waals surface area contributed by atoms with Crippen LogP contribution in [0, 0.1) is 6.92 Å². The molecule has 82 valence electrons. The van der Waals surface area contributed by atoms with Crippen molar-refractivity contribution < 1.29 is 0 Å². The quantitative estimate of drug-likeness (QED) is 0.661. The summed E-state index contributed by atoms with van der Waals surface area (Å²) in [5, 5.41) is 0. The summed E-state index contributed by atoms with van der Waals surface area (Å²) < 4.78 is 0. The Bertz CT molecular complexity index is 464. The van der Waals surface area contributed by atoms with Crippen molar-refractivity contribution in [2.45, 2.75) is 19.8 Å². The van der Waals surface area contributed by atoms with Crippen LogP contribution in [0.25, 0.3) is 0 Å². The third-order valence-electron chi connectivity index (χ3n) is 2.89. The maximum absolute atomic E-state index is 4.44. The van der Waals surface area contributed by atoms with E-state index in [-0.39, 0.29) is 0 Å². The van der Waals surface area contributed by atoms with Gasteiger partial charge in [0.25, 0.3) is 0 Å². The molecule has 0 aliphatic heterocycles. The van der Waals surface area contributed by atoms with Gasteiger partial charge in [-0.2, -0.15) is 0 Å². The SMILES string of the molecule is CN=C(C1=CCCC=C1)c1ccccc1C.